The molecular formula is C22H23NO5. The first-order valence-corrected chi connectivity index (χ1v) is 9.51. The molecule has 6 nitrogen and oxygen atoms in total. The molecule has 1 atom stereocenters. The molecule has 4 rings (SSSR count). The van der Waals surface area contributed by atoms with Crippen LogP contribution in [0.25, 0.3) is 0 Å². The Morgan fingerprint density at radius 1 is 1.00 bits per heavy atom. The Hall–Kier alpha value is -3.02. The maximum absolute atomic E-state index is 12.8. The molecule has 2 aliphatic heterocycles. The van der Waals surface area contributed by atoms with Crippen molar-refractivity contribution >= 4 is 11.7 Å². The van der Waals surface area contributed by atoms with Gasteiger partial charge in [0, 0.05) is 24.6 Å². The highest BCUT2D eigenvalue weighted by atomic mass is 16.6. The minimum atomic E-state index is -0.635. The number of hydrogen-bond donors (Lipinski definition) is 0. The van der Waals surface area contributed by atoms with Crippen molar-refractivity contribution in [2.24, 2.45) is 5.92 Å². The van der Waals surface area contributed by atoms with Crippen LogP contribution in [-0.2, 0) is 4.79 Å². The molecule has 2 aromatic rings. The number of amides is 1. The molecule has 0 radical (unpaired) electrons. The highest BCUT2D eigenvalue weighted by Crippen LogP contribution is 2.32. The molecule has 2 aliphatic rings. The summed E-state index contributed by atoms with van der Waals surface area (Å²) in [5.74, 6) is 1.97. The maximum Gasteiger partial charge on any atom is 0.267 e. The second-order valence-corrected chi connectivity index (χ2v) is 7.06. The van der Waals surface area contributed by atoms with Gasteiger partial charge in [0.2, 0.25) is 6.10 Å². The molecule has 2 heterocycles. The van der Waals surface area contributed by atoms with Crippen molar-refractivity contribution in [1.82, 2.24) is 4.90 Å². The van der Waals surface area contributed by atoms with E-state index in [1.807, 2.05) is 18.2 Å². The monoisotopic (exact) mass is 381 g/mol. The summed E-state index contributed by atoms with van der Waals surface area (Å²) >= 11 is 0. The van der Waals surface area contributed by atoms with Crippen molar-refractivity contribution in [1.29, 1.82) is 0 Å². The van der Waals surface area contributed by atoms with Crippen LogP contribution in [-0.4, -0.2) is 49.5 Å². The molecule has 28 heavy (non-hydrogen) atoms. The molecule has 1 amide bonds. The molecule has 0 saturated carbocycles. The summed E-state index contributed by atoms with van der Waals surface area (Å²) in [6.07, 6.45) is 0.672. The van der Waals surface area contributed by atoms with Crippen molar-refractivity contribution in [2.75, 3.05) is 26.8 Å². The van der Waals surface area contributed by atoms with Crippen LogP contribution >= 0.6 is 0 Å². The van der Waals surface area contributed by atoms with E-state index >= 15 is 0 Å². The van der Waals surface area contributed by atoms with Gasteiger partial charge in [-0.15, -0.1) is 0 Å². The number of carbonyl (C=O) groups excluding carboxylic acids is 2. The summed E-state index contributed by atoms with van der Waals surface area (Å²) in [6.45, 7) is 1.31. The largest absolute Gasteiger partial charge is 0.497 e. The maximum atomic E-state index is 12.8. The van der Waals surface area contributed by atoms with E-state index in [4.69, 9.17) is 14.2 Å². The molecule has 0 aliphatic carbocycles. The van der Waals surface area contributed by atoms with Crippen molar-refractivity contribution in [3.05, 3.63) is 54.1 Å². The van der Waals surface area contributed by atoms with Gasteiger partial charge < -0.3 is 19.1 Å². The van der Waals surface area contributed by atoms with Gasteiger partial charge in [-0.25, -0.2) is 0 Å². The van der Waals surface area contributed by atoms with Gasteiger partial charge in [0.1, 0.15) is 12.4 Å². The van der Waals surface area contributed by atoms with Gasteiger partial charge in [0.05, 0.1) is 7.11 Å². The lowest BCUT2D eigenvalue weighted by atomic mass is 9.88. The lowest BCUT2D eigenvalue weighted by Gasteiger charge is -2.35. The Labute approximate surface area is 164 Å². The van der Waals surface area contributed by atoms with Crippen LogP contribution in [0.5, 0.6) is 17.2 Å². The molecule has 0 aromatic heterocycles. The van der Waals surface area contributed by atoms with E-state index in [0.717, 1.165) is 5.75 Å². The molecule has 146 valence electrons. The number of Topliss-reactive ketones (excluding diaryl/α,β-unsaturated/α-hetero) is 1. The van der Waals surface area contributed by atoms with Gasteiger partial charge in [0.25, 0.3) is 5.91 Å². The second kappa shape index (κ2) is 7.92. The SMILES string of the molecule is COc1ccc(C(=O)C2CCN(C(=O)[C@H]3COc4ccccc4O3)CC2)cc1. The van der Waals surface area contributed by atoms with Crippen LogP contribution in [0.15, 0.2) is 48.5 Å². The van der Waals surface area contributed by atoms with E-state index in [0.29, 0.717) is 43.0 Å². The van der Waals surface area contributed by atoms with Crippen molar-refractivity contribution in [2.45, 2.75) is 18.9 Å². The standard InChI is InChI=1S/C22H23NO5/c1-26-17-8-6-15(7-9-17)21(24)16-10-12-23(13-11-16)22(25)20-14-27-18-4-2-3-5-19(18)28-20/h2-9,16,20H,10-14H2,1H3/t20-/m1/s1. The number of ketones is 1. The van der Waals surface area contributed by atoms with Crippen molar-refractivity contribution in [3.8, 4) is 17.2 Å². The highest BCUT2D eigenvalue weighted by molar-refractivity contribution is 5.98. The fraction of sp³-hybridized carbons (Fsp3) is 0.364. The molecule has 1 saturated heterocycles. The molecule has 0 N–H and O–H groups in total. The number of nitrogens with zero attached hydrogens (tertiary/aromatic N) is 1. The van der Waals surface area contributed by atoms with Crippen molar-refractivity contribution in [3.63, 3.8) is 0 Å². The molecule has 6 heteroatoms. The Balaban J connectivity index is 1.33. The number of rotatable bonds is 4. The zero-order valence-electron chi connectivity index (χ0n) is 15.8. The predicted molar refractivity (Wildman–Crippen MR) is 103 cm³/mol. The highest BCUT2D eigenvalue weighted by Gasteiger charge is 2.34. The second-order valence-electron chi connectivity index (χ2n) is 7.06. The summed E-state index contributed by atoms with van der Waals surface area (Å²) in [7, 11) is 1.60. The third-order valence-corrected chi connectivity index (χ3v) is 5.34. The van der Waals surface area contributed by atoms with E-state index in [9.17, 15) is 9.59 Å². The minimum Gasteiger partial charge on any atom is -0.497 e. The number of benzene rings is 2. The summed E-state index contributed by atoms with van der Waals surface area (Å²) < 4.78 is 16.6. The van der Waals surface area contributed by atoms with Crippen molar-refractivity contribution < 1.29 is 23.8 Å². The van der Waals surface area contributed by atoms with E-state index < -0.39 is 6.10 Å². The summed E-state index contributed by atoms with van der Waals surface area (Å²) in [5.41, 5.74) is 0.686. The lowest BCUT2D eigenvalue weighted by Crippen LogP contribution is -2.49. The van der Waals surface area contributed by atoms with Gasteiger partial charge in [-0.3, -0.25) is 9.59 Å². The number of fused-ring (bicyclic) bond motifs is 1. The van der Waals surface area contributed by atoms with Gasteiger partial charge in [-0.05, 0) is 49.2 Å². The number of piperidine rings is 1. The fourth-order valence-corrected chi connectivity index (χ4v) is 3.70. The first-order chi connectivity index (χ1) is 13.7. The van der Waals surface area contributed by atoms with E-state index in [1.54, 1.807) is 42.3 Å². The van der Waals surface area contributed by atoms with Crippen LogP contribution in [0, 0.1) is 5.92 Å². The first kappa shape index (κ1) is 18.3. The topological polar surface area (TPSA) is 65.1 Å². The first-order valence-electron chi connectivity index (χ1n) is 9.51. The Morgan fingerprint density at radius 3 is 2.36 bits per heavy atom. The Kier molecular flexibility index (Phi) is 5.19. The predicted octanol–water partition coefficient (Wildman–Crippen LogP) is 2.96. The van der Waals surface area contributed by atoms with E-state index in [1.165, 1.54) is 0 Å². The Bertz CT molecular complexity index is 855. The van der Waals surface area contributed by atoms with Gasteiger partial charge in [-0.1, -0.05) is 12.1 Å². The number of methoxy groups -OCH3 is 1. The molecular weight excluding hydrogens is 358 g/mol. The van der Waals surface area contributed by atoms with Crippen LogP contribution in [0.3, 0.4) is 0 Å². The zero-order valence-corrected chi connectivity index (χ0v) is 15.8. The van der Waals surface area contributed by atoms with Crippen LogP contribution < -0.4 is 14.2 Å². The number of hydrogen-bond acceptors (Lipinski definition) is 5. The number of likely N-dealkylation sites (tertiary alicyclic amines) is 1. The van der Waals surface area contributed by atoms with Crippen LogP contribution in [0.1, 0.15) is 23.2 Å². The van der Waals surface area contributed by atoms with Crippen LogP contribution in [0.4, 0.5) is 0 Å². The fourth-order valence-electron chi connectivity index (χ4n) is 3.70. The van der Waals surface area contributed by atoms with E-state index in [2.05, 4.69) is 0 Å². The normalized spacial score (nSPS) is 19.2. The zero-order chi connectivity index (χ0) is 19.5. The quantitative estimate of drug-likeness (QED) is 0.762. The number of ether oxygens (including phenoxy) is 3. The van der Waals surface area contributed by atoms with E-state index in [-0.39, 0.29) is 24.2 Å². The lowest BCUT2D eigenvalue weighted by molar-refractivity contribution is -0.142. The average molecular weight is 381 g/mol. The molecule has 1 fully saturated rings. The summed E-state index contributed by atoms with van der Waals surface area (Å²) in [5, 5.41) is 0. The number of para-hydroxylation sites is 2. The third-order valence-electron chi connectivity index (χ3n) is 5.34. The van der Waals surface area contributed by atoms with Crippen LogP contribution in [0.2, 0.25) is 0 Å². The van der Waals surface area contributed by atoms with Gasteiger partial charge in [0.15, 0.2) is 17.3 Å². The third kappa shape index (κ3) is 3.67. The van der Waals surface area contributed by atoms with Gasteiger partial charge in [-0.2, -0.15) is 0 Å². The molecule has 0 bridgehead atoms. The molecule has 2 aromatic carbocycles. The Morgan fingerprint density at radius 2 is 1.68 bits per heavy atom. The minimum absolute atomic E-state index is 0.0679. The summed E-state index contributed by atoms with van der Waals surface area (Å²) in [4.78, 5) is 27.3. The number of carbonyl (C=O) groups is 2. The smallest absolute Gasteiger partial charge is 0.267 e. The van der Waals surface area contributed by atoms with Gasteiger partial charge >= 0.3 is 0 Å². The average Bonchev–Trinajstić information content (AvgIpc) is 2.78. The summed E-state index contributed by atoms with van der Waals surface area (Å²) in [6, 6.07) is 14.5. The molecule has 0 spiro atoms. The molecule has 0 unspecified atom stereocenters.